The summed E-state index contributed by atoms with van der Waals surface area (Å²) < 4.78 is 29.3. The van der Waals surface area contributed by atoms with Gasteiger partial charge >= 0.3 is 7.60 Å². The summed E-state index contributed by atoms with van der Waals surface area (Å²) in [5.74, 6) is -0.604. The maximum absolute atomic E-state index is 12.6. The highest BCUT2D eigenvalue weighted by Crippen LogP contribution is 2.64. The van der Waals surface area contributed by atoms with Crippen molar-refractivity contribution in [3.63, 3.8) is 0 Å². The maximum Gasteiger partial charge on any atom is 0.362 e. The Kier molecular flexibility index (Phi) is 4.09. The van der Waals surface area contributed by atoms with Crippen LogP contribution in [0.1, 0.15) is 11.4 Å². The van der Waals surface area contributed by atoms with E-state index in [1.165, 1.54) is 0 Å². The van der Waals surface area contributed by atoms with Crippen LogP contribution in [0.5, 0.6) is 0 Å². The Morgan fingerprint density at radius 3 is 2.22 bits per heavy atom. The minimum absolute atomic E-state index is 0.371. The molecule has 1 atom stereocenters. The van der Waals surface area contributed by atoms with Crippen LogP contribution in [0, 0.1) is 0 Å². The van der Waals surface area contributed by atoms with Crippen molar-refractivity contribution in [3.05, 3.63) is 35.9 Å². The van der Waals surface area contributed by atoms with Crippen LogP contribution >= 0.6 is 7.60 Å². The molecule has 0 radical (unpaired) electrons. The van der Waals surface area contributed by atoms with Gasteiger partial charge < -0.3 is 13.5 Å². The molecule has 1 aliphatic heterocycles. The third kappa shape index (κ3) is 3.31. The quantitative estimate of drug-likeness (QED) is 0.624. The summed E-state index contributed by atoms with van der Waals surface area (Å²) in [5.41, 5.74) is 0.852. The van der Waals surface area contributed by atoms with Gasteiger partial charge in [-0.15, -0.1) is 0 Å². The van der Waals surface area contributed by atoms with Gasteiger partial charge in [0, 0.05) is 0 Å². The molecule has 6 heteroatoms. The average Bonchev–Trinajstić information content (AvgIpc) is 2.74. The standard InChI is InChI=1S/C12H19O4PSi/c1-18(2,3)16-12(11-7-5-4-6-8-11)17(13)14-9-10-15-17/h4-8,12H,9-10H2,1-3H3. The van der Waals surface area contributed by atoms with E-state index in [1.54, 1.807) is 0 Å². The highest BCUT2D eigenvalue weighted by molar-refractivity contribution is 7.54. The molecule has 4 nitrogen and oxygen atoms in total. The first kappa shape index (κ1) is 14.0. The van der Waals surface area contributed by atoms with E-state index in [9.17, 15) is 4.57 Å². The Morgan fingerprint density at radius 2 is 1.72 bits per heavy atom. The van der Waals surface area contributed by atoms with Crippen LogP contribution in [-0.2, 0) is 18.0 Å². The Labute approximate surface area is 109 Å². The van der Waals surface area contributed by atoms with E-state index in [-0.39, 0.29) is 0 Å². The van der Waals surface area contributed by atoms with Gasteiger partial charge in [0.05, 0.1) is 13.2 Å². The van der Waals surface area contributed by atoms with Crippen LogP contribution < -0.4 is 0 Å². The molecule has 0 bridgehead atoms. The smallest absolute Gasteiger partial charge is 0.362 e. The van der Waals surface area contributed by atoms with Crippen molar-refractivity contribution in [2.24, 2.45) is 0 Å². The monoisotopic (exact) mass is 286 g/mol. The summed E-state index contributed by atoms with van der Waals surface area (Å²) in [4.78, 5) is 0. The Bertz CT molecular complexity index is 433. The molecule has 0 amide bonds. The lowest BCUT2D eigenvalue weighted by Gasteiger charge is -2.29. The molecule has 0 saturated carbocycles. The van der Waals surface area contributed by atoms with E-state index in [2.05, 4.69) is 19.6 Å². The SMILES string of the molecule is C[Si](C)(C)OC(c1ccccc1)P1(=O)OCCO1. The molecule has 18 heavy (non-hydrogen) atoms. The molecule has 1 aromatic carbocycles. The predicted octanol–water partition coefficient (Wildman–Crippen LogP) is 3.78. The van der Waals surface area contributed by atoms with Crippen molar-refractivity contribution in [2.75, 3.05) is 13.2 Å². The summed E-state index contributed by atoms with van der Waals surface area (Å²) in [6.45, 7) is 6.92. The van der Waals surface area contributed by atoms with Crippen LogP contribution in [-0.4, -0.2) is 21.5 Å². The second-order valence-electron chi connectivity index (χ2n) is 5.20. The summed E-state index contributed by atoms with van der Waals surface area (Å²) in [5, 5.41) is 0. The largest absolute Gasteiger partial charge is 0.400 e. The second kappa shape index (κ2) is 5.27. The van der Waals surface area contributed by atoms with Crippen LogP contribution in [0.25, 0.3) is 0 Å². The summed E-state index contributed by atoms with van der Waals surface area (Å²) in [7, 11) is -5.04. The second-order valence-corrected chi connectivity index (χ2v) is 11.7. The molecule has 0 aliphatic carbocycles. The Balaban J connectivity index is 2.32. The van der Waals surface area contributed by atoms with E-state index in [0.717, 1.165) is 5.56 Å². The zero-order valence-corrected chi connectivity index (χ0v) is 12.9. The first-order valence-corrected chi connectivity index (χ1v) is 11.0. The van der Waals surface area contributed by atoms with Gasteiger partial charge in [0.25, 0.3) is 0 Å². The fourth-order valence-corrected chi connectivity index (χ4v) is 5.58. The number of hydrogen-bond acceptors (Lipinski definition) is 4. The molecular formula is C12H19O4PSi. The molecule has 1 heterocycles. The van der Waals surface area contributed by atoms with Crippen molar-refractivity contribution in [2.45, 2.75) is 25.5 Å². The molecule has 0 spiro atoms. The van der Waals surface area contributed by atoms with E-state index >= 15 is 0 Å². The van der Waals surface area contributed by atoms with Gasteiger partial charge in [0.1, 0.15) is 0 Å². The molecule has 1 aromatic rings. The van der Waals surface area contributed by atoms with Gasteiger partial charge in [-0.1, -0.05) is 30.3 Å². The van der Waals surface area contributed by atoms with Crippen LogP contribution in [0.2, 0.25) is 19.6 Å². The molecule has 1 saturated heterocycles. The molecule has 100 valence electrons. The van der Waals surface area contributed by atoms with Crippen LogP contribution in [0.4, 0.5) is 0 Å². The molecule has 0 N–H and O–H groups in total. The van der Waals surface area contributed by atoms with Crippen molar-refractivity contribution in [1.29, 1.82) is 0 Å². The lowest BCUT2D eigenvalue weighted by molar-refractivity contribution is 0.216. The van der Waals surface area contributed by atoms with Gasteiger partial charge in [-0.2, -0.15) is 0 Å². The fourth-order valence-electron chi connectivity index (χ4n) is 1.77. The zero-order valence-electron chi connectivity index (χ0n) is 11.0. The summed E-state index contributed by atoms with van der Waals surface area (Å²) in [6.07, 6.45) is 0. The van der Waals surface area contributed by atoms with Crippen LogP contribution in [0.3, 0.4) is 0 Å². The van der Waals surface area contributed by atoms with Gasteiger partial charge in [0.2, 0.25) is 0 Å². The van der Waals surface area contributed by atoms with E-state index < -0.39 is 21.8 Å². The van der Waals surface area contributed by atoms with E-state index in [4.69, 9.17) is 13.5 Å². The molecule has 1 unspecified atom stereocenters. The molecule has 0 aromatic heterocycles. The summed E-state index contributed by atoms with van der Waals surface area (Å²) >= 11 is 0. The number of benzene rings is 1. The average molecular weight is 286 g/mol. The Hall–Kier alpha value is -0.453. The van der Waals surface area contributed by atoms with Crippen molar-refractivity contribution in [1.82, 2.24) is 0 Å². The first-order chi connectivity index (χ1) is 8.41. The molecule has 1 fully saturated rings. The van der Waals surface area contributed by atoms with Gasteiger partial charge in [-0.3, -0.25) is 4.57 Å². The number of rotatable bonds is 4. The minimum Gasteiger partial charge on any atom is -0.400 e. The van der Waals surface area contributed by atoms with Crippen molar-refractivity contribution < 1.29 is 18.0 Å². The van der Waals surface area contributed by atoms with Gasteiger partial charge in [-0.25, -0.2) is 0 Å². The molecule has 2 rings (SSSR count). The third-order valence-corrected chi connectivity index (χ3v) is 5.67. The maximum atomic E-state index is 12.6. The third-order valence-electron chi connectivity index (χ3n) is 2.46. The zero-order chi connectivity index (χ0) is 13.2. The molecule has 1 aliphatic rings. The predicted molar refractivity (Wildman–Crippen MR) is 73.1 cm³/mol. The molecular weight excluding hydrogens is 267 g/mol. The van der Waals surface area contributed by atoms with E-state index in [1.807, 2.05) is 30.3 Å². The topological polar surface area (TPSA) is 44.8 Å². The van der Waals surface area contributed by atoms with Crippen molar-refractivity contribution in [3.8, 4) is 0 Å². The van der Waals surface area contributed by atoms with Crippen LogP contribution in [0.15, 0.2) is 30.3 Å². The van der Waals surface area contributed by atoms with E-state index in [0.29, 0.717) is 13.2 Å². The number of hydrogen-bond donors (Lipinski definition) is 0. The highest BCUT2D eigenvalue weighted by atomic mass is 31.2. The van der Waals surface area contributed by atoms with Gasteiger partial charge in [0.15, 0.2) is 14.2 Å². The van der Waals surface area contributed by atoms with Crippen molar-refractivity contribution >= 4 is 15.9 Å². The fraction of sp³-hybridized carbons (Fsp3) is 0.500. The first-order valence-electron chi connectivity index (χ1n) is 6.02. The Morgan fingerprint density at radius 1 is 1.17 bits per heavy atom. The lowest BCUT2D eigenvalue weighted by atomic mass is 10.2. The lowest BCUT2D eigenvalue weighted by Crippen LogP contribution is -2.28. The normalized spacial score (nSPS) is 20.8. The highest BCUT2D eigenvalue weighted by Gasteiger charge is 2.43. The minimum atomic E-state index is -3.19. The van der Waals surface area contributed by atoms with Gasteiger partial charge in [-0.05, 0) is 25.2 Å². The summed E-state index contributed by atoms with van der Waals surface area (Å²) in [6, 6.07) is 9.52.